The fourth-order valence-electron chi connectivity index (χ4n) is 0.283. The summed E-state index contributed by atoms with van der Waals surface area (Å²) in [5.41, 5.74) is 0. The van der Waals surface area contributed by atoms with Crippen molar-refractivity contribution < 1.29 is 9.90 Å². The zero-order valence-corrected chi connectivity index (χ0v) is 4.69. The Bertz CT molecular complexity index is 123. The summed E-state index contributed by atoms with van der Waals surface area (Å²) in [5.74, 6) is 8.64. The summed E-state index contributed by atoms with van der Waals surface area (Å²) in [6.07, 6.45) is 1.02. The zero-order chi connectivity index (χ0) is 7.28. The van der Waals surface area contributed by atoms with Crippen LogP contribution in [-0.2, 0) is 4.79 Å². The minimum absolute atomic E-state index is 0.305. The van der Waals surface area contributed by atoms with Gasteiger partial charge in [0.15, 0.2) is 0 Å². The van der Waals surface area contributed by atoms with E-state index < -0.39 is 5.97 Å². The van der Waals surface area contributed by atoms with Crippen LogP contribution in [0, 0.1) is 0 Å². The molecule has 0 radical (unpaired) electrons. The molecule has 0 spiro atoms. The number of rotatable bonds is 3. The fraction of sp³-hybridized carbons (Fsp3) is 0.333. The Morgan fingerprint density at radius 2 is 2.44 bits per heavy atom. The maximum atomic E-state index is 9.86. The quantitative estimate of drug-likeness (QED) is 0.181. The van der Waals surface area contributed by atoms with E-state index in [0.717, 1.165) is 11.3 Å². The van der Waals surface area contributed by atoms with Crippen molar-refractivity contribution in [2.45, 2.75) is 0 Å². The Morgan fingerprint density at radius 1 is 1.89 bits per heavy atom. The van der Waals surface area contributed by atoms with Gasteiger partial charge in [-0.05, 0) is 0 Å². The molecule has 0 aromatic rings. The number of nitrogens with two attached hydrogens (primary N) is 2. The SMILES string of the molecule is NN=CN(N)CC(=O)O. The molecule has 0 amide bonds. The third-order valence-electron chi connectivity index (χ3n) is 0.533. The van der Waals surface area contributed by atoms with Gasteiger partial charge in [0.25, 0.3) is 0 Å². The first-order valence-electron chi connectivity index (χ1n) is 2.13. The second-order valence-corrected chi connectivity index (χ2v) is 1.33. The van der Waals surface area contributed by atoms with E-state index in [4.69, 9.17) is 10.9 Å². The molecule has 0 bridgehead atoms. The van der Waals surface area contributed by atoms with Crippen LogP contribution in [-0.4, -0.2) is 29.0 Å². The summed E-state index contributed by atoms with van der Waals surface area (Å²) in [6.45, 7) is -0.305. The highest BCUT2D eigenvalue weighted by Gasteiger charge is 1.98. The average molecular weight is 132 g/mol. The van der Waals surface area contributed by atoms with E-state index in [1.165, 1.54) is 0 Å². The lowest BCUT2D eigenvalue weighted by Gasteiger charge is -2.06. The van der Waals surface area contributed by atoms with Gasteiger partial charge in [0, 0.05) is 0 Å². The van der Waals surface area contributed by atoms with E-state index in [9.17, 15) is 4.79 Å². The Morgan fingerprint density at radius 3 is 2.78 bits per heavy atom. The molecule has 5 N–H and O–H groups in total. The second-order valence-electron chi connectivity index (χ2n) is 1.33. The maximum Gasteiger partial charge on any atom is 0.324 e. The molecule has 6 heteroatoms. The lowest BCUT2D eigenvalue weighted by Crippen LogP contribution is -2.34. The number of carboxylic acids is 1. The van der Waals surface area contributed by atoms with Gasteiger partial charge in [0.1, 0.15) is 12.9 Å². The molecule has 0 saturated carbocycles. The molecule has 9 heavy (non-hydrogen) atoms. The highest BCUT2D eigenvalue weighted by Crippen LogP contribution is 1.68. The van der Waals surface area contributed by atoms with Crippen molar-refractivity contribution in [2.24, 2.45) is 16.8 Å². The Balaban J connectivity index is 3.50. The number of hydrazine groups is 1. The fourth-order valence-corrected chi connectivity index (χ4v) is 0.283. The van der Waals surface area contributed by atoms with Gasteiger partial charge < -0.3 is 10.9 Å². The van der Waals surface area contributed by atoms with Crippen LogP contribution in [0.3, 0.4) is 0 Å². The normalized spacial score (nSPS) is 9.89. The van der Waals surface area contributed by atoms with E-state index in [-0.39, 0.29) is 6.54 Å². The van der Waals surface area contributed by atoms with Crippen LogP contribution in [0.4, 0.5) is 0 Å². The lowest BCUT2D eigenvalue weighted by atomic mass is 10.6. The first kappa shape index (κ1) is 7.70. The molecular weight excluding hydrogens is 124 g/mol. The smallest absolute Gasteiger partial charge is 0.324 e. The predicted molar refractivity (Wildman–Crippen MR) is 31.2 cm³/mol. The highest BCUT2D eigenvalue weighted by atomic mass is 16.4. The number of carboxylic acid groups (broad SMARTS) is 1. The molecule has 0 aliphatic heterocycles. The first-order chi connectivity index (χ1) is 4.16. The topological polar surface area (TPSA) is 105 Å². The van der Waals surface area contributed by atoms with Gasteiger partial charge in [-0.3, -0.25) is 9.80 Å². The Labute approximate surface area is 51.7 Å². The monoisotopic (exact) mass is 132 g/mol. The van der Waals surface area contributed by atoms with Crippen LogP contribution in [0.25, 0.3) is 0 Å². The van der Waals surface area contributed by atoms with Gasteiger partial charge in [0.2, 0.25) is 0 Å². The van der Waals surface area contributed by atoms with Gasteiger partial charge in [-0.2, -0.15) is 5.10 Å². The van der Waals surface area contributed by atoms with Gasteiger partial charge in [-0.1, -0.05) is 0 Å². The Hall–Kier alpha value is -1.30. The molecule has 0 aliphatic rings. The number of hydrogen-bond acceptors (Lipinski definition) is 4. The third-order valence-corrected chi connectivity index (χ3v) is 0.533. The van der Waals surface area contributed by atoms with E-state index in [1.807, 2.05) is 0 Å². The molecule has 0 heterocycles. The lowest BCUT2D eigenvalue weighted by molar-refractivity contribution is -0.137. The van der Waals surface area contributed by atoms with E-state index >= 15 is 0 Å². The van der Waals surface area contributed by atoms with E-state index in [1.54, 1.807) is 0 Å². The van der Waals surface area contributed by atoms with Crippen LogP contribution in [0.2, 0.25) is 0 Å². The van der Waals surface area contributed by atoms with Crippen LogP contribution in [0.15, 0.2) is 5.10 Å². The summed E-state index contributed by atoms with van der Waals surface area (Å²) < 4.78 is 0. The van der Waals surface area contributed by atoms with Crippen molar-refractivity contribution in [1.82, 2.24) is 5.01 Å². The minimum atomic E-state index is -1.03. The van der Waals surface area contributed by atoms with Gasteiger partial charge in [-0.25, -0.2) is 5.84 Å². The van der Waals surface area contributed by atoms with Crippen molar-refractivity contribution >= 4 is 12.3 Å². The summed E-state index contributed by atoms with van der Waals surface area (Å²) in [5, 5.41) is 12.0. The molecule has 0 aromatic carbocycles. The average Bonchev–Trinajstić information content (AvgIpc) is 1.63. The summed E-state index contributed by atoms with van der Waals surface area (Å²) in [7, 11) is 0. The number of hydrazone groups is 1. The standard InChI is InChI=1S/C3H8N4O2/c4-6-2-7(5)1-3(8)9/h2H,1,4-5H2,(H,8,9). The highest BCUT2D eigenvalue weighted by molar-refractivity contribution is 5.72. The first-order valence-corrected chi connectivity index (χ1v) is 2.13. The molecule has 0 aromatic heterocycles. The predicted octanol–water partition coefficient (Wildman–Crippen LogP) is -1.85. The molecule has 6 nitrogen and oxygen atoms in total. The van der Waals surface area contributed by atoms with Crippen molar-refractivity contribution in [1.29, 1.82) is 0 Å². The van der Waals surface area contributed by atoms with Crippen molar-refractivity contribution in [3.8, 4) is 0 Å². The minimum Gasteiger partial charge on any atom is -0.480 e. The van der Waals surface area contributed by atoms with Crippen LogP contribution in [0.1, 0.15) is 0 Å². The Kier molecular flexibility index (Phi) is 3.14. The molecule has 0 fully saturated rings. The molecule has 0 saturated heterocycles. The van der Waals surface area contributed by atoms with Crippen molar-refractivity contribution in [3.05, 3.63) is 0 Å². The van der Waals surface area contributed by atoms with Crippen LogP contribution in [0.5, 0.6) is 0 Å². The molecule has 52 valence electrons. The van der Waals surface area contributed by atoms with Gasteiger partial charge in [-0.15, -0.1) is 0 Å². The van der Waals surface area contributed by atoms with Crippen molar-refractivity contribution in [3.63, 3.8) is 0 Å². The van der Waals surface area contributed by atoms with Crippen molar-refractivity contribution in [2.75, 3.05) is 6.54 Å². The summed E-state index contributed by atoms with van der Waals surface area (Å²) >= 11 is 0. The van der Waals surface area contributed by atoms with Gasteiger partial charge in [0.05, 0.1) is 0 Å². The van der Waals surface area contributed by atoms with Crippen LogP contribution >= 0.6 is 0 Å². The zero-order valence-electron chi connectivity index (χ0n) is 4.69. The second kappa shape index (κ2) is 3.67. The van der Waals surface area contributed by atoms with E-state index in [0.29, 0.717) is 0 Å². The number of carbonyl (C=O) groups is 1. The van der Waals surface area contributed by atoms with E-state index in [2.05, 4.69) is 10.9 Å². The largest absolute Gasteiger partial charge is 0.480 e. The number of hydrogen-bond donors (Lipinski definition) is 3. The van der Waals surface area contributed by atoms with Gasteiger partial charge >= 0.3 is 5.97 Å². The molecule has 0 atom stereocenters. The summed E-state index contributed by atoms with van der Waals surface area (Å²) in [6, 6.07) is 0. The molecule has 0 unspecified atom stereocenters. The van der Waals surface area contributed by atoms with Crippen LogP contribution < -0.4 is 11.7 Å². The summed E-state index contributed by atoms with van der Waals surface area (Å²) in [4.78, 5) is 9.86. The molecule has 0 aliphatic carbocycles. The number of nitrogens with zero attached hydrogens (tertiary/aromatic N) is 2. The third kappa shape index (κ3) is 4.56. The maximum absolute atomic E-state index is 9.86. The molecular formula is C3H8N4O2. The number of aliphatic carboxylic acids is 1. The molecule has 0 rings (SSSR count).